The molecule has 138 valence electrons. The summed E-state index contributed by atoms with van der Waals surface area (Å²) < 4.78 is 7.12. The van der Waals surface area contributed by atoms with Gasteiger partial charge in [0.15, 0.2) is 0 Å². The Labute approximate surface area is 161 Å². The van der Waals surface area contributed by atoms with Gasteiger partial charge in [-0.3, -0.25) is 4.90 Å². The van der Waals surface area contributed by atoms with E-state index in [1.165, 1.54) is 5.56 Å². The number of hydrogen-bond donors (Lipinski definition) is 1. The van der Waals surface area contributed by atoms with Crippen molar-refractivity contribution in [2.45, 2.75) is 25.0 Å². The molecule has 2 saturated heterocycles. The van der Waals surface area contributed by atoms with Crippen LogP contribution in [0.15, 0.2) is 48.5 Å². The van der Waals surface area contributed by atoms with Gasteiger partial charge in [-0.1, -0.05) is 35.6 Å². The number of likely N-dealkylation sites (tertiary alicyclic amines) is 2. The van der Waals surface area contributed by atoms with Crippen LogP contribution in [-0.4, -0.2) is 46.0 Å². The Morgan fingerprint density at radius 2 is 2.07 bits per heavy atom. The van der Waals surface area contributed by atoms with E-state index in [0.717, 1.165) is 42.0 Å². The molecule has 2 N–H and O–H groups in total. The van der Waals surface area contributed by atoms with Gasteiger partial charge in [-0.25, -0.2) is 9.78 Å². The molecule has 2 atom stereocenters. The zero-order chi connectivity index (χ0) is 18.4. The average molecular weight is 380 g/mol. The van der Waals surface area contributed by atoms with Crippen molar-refractivity contribution in [2.24, 2.45) is 5.73 Å². The Bertz CT molecular complexity index is 971. The first-order valence-corrected chi connectivity index (χ1v) is 9.90. The fraction of sp³-hybridized carbons (Fsp3) is 0.300. The van der Waals surface area contributed by atoms with Gasteiger partial charge in [-0.2, -0.15) is 0 Å². The Hall–Kier alpha value is -2.64. The summed E-state index contributed by atoms with van der Waals surface area (Å²) in [5.41, 5.74) is 7.61. The Kier molecular flexibility index (Phi) is 3.98. The van der Waals surface area contributed by atoms with Gasteiger partial charge in [0.2, 0.25) is 0 Å². The lowest BCUT2D eigenvalue weighted by molar-refractivity contribution is 0.137. The van der Waals surface area contributed by atoms with Crippen LogP contribution in [0.2, 0.25) is 0 Å². The van der Waals surface area contributed by atoms with Crippen LogP contribution in [-0.2, 0) is 6.54 Å². The first-order valence-electron chi connectivity index (χ1n) is 9.08. The molecule has 3 heterocycles. The van der Waals surface area contributed by atoms with Crippen LogP contribution in [0.1, 0.15) is 12.0 Å². The number of benzene rings is 2. The second-order valence-electron chi connectivity index (χ2n) is 7.16. The highest BCUT2D eigenvalue weighted by molar-refractivity contribution is 7.20. The van der Waals surface area contributed by atoms with Crippen LogP contribution in [0.4, 0.5) is 4.79 Å². The van der Waals surface area contributed by atoms with Crippen molar-refractivity contribution in [1.29, 1.82) is 0 Å². The summed E-state index contributed by atoms with van der Waals surface area (Å²) in [5, 5.41) is 0.658. The van der Waals surface area contributed by atoms with Gasteiger partial charge in [-0.05, 0) is 36.2 Å². The summed E-state index contributed by atoms with van der Waals surface area (Å²) in [5.74, 6) is 0.801. The molecule has 2 amide bonds. The molecule has 3 aromatic rings. The number of primary amides is 1. The molecular weight excluding hydrogens is 360 g/mol. The number of hydrogen-bond acceptors (Lipinski definition) is 5. The molecule has 7 heteroatoms. The number of nitrogens with zero attached hydrogens (tertiary/aromatic N) is 3. The fourth-order valence-electron chi connectivity index (χ4n) is 4.15. The third-order valence-corrected chi connectivity index (χ3v) is 6.32. The Morgan fingerprint density at radius 3 is 2.85 bits per heavy atom. The number of urea groups is 1. The number of carbonyl (C=O) groups excluding carboxylic acids is 1. The maximum absolute atomic E-state index is 11.4. The molecule has 5 rings (SSSR count). The van der Waals surface area contributed by atoms with Gasteiger partial charge in [0.1, 0.15) is 5.75 Å². The lowest BCUT2D eigenvalue weighted by Crippen LogP contribution is -2.50. The number of nitrogens with two attached hydrogens (primary N) is 1. The molecule has 2 fully saturated rings. The zero-order valence-electron chi connectivity index (χ0n) is 14.7. The second kappa shape index (κ2) is 6.51. The number of amides is 2. The molecule has 0 spiro atoms. The van der Waals surface area contributed by atoms with E-state index in [1.54, 1.807) is 16.2 Å². The lowest BCUT2D eigenvalue weighted by Gasteiger charge is -2.33. The molecule has 6 nitrogen and oxygen atoms in total. The van der Waals surface area contributed by atoms with E-state index in [1.807, 2.05) is 36.4 Å². The number of fused-ring (bicyclic) bond motifs is 3. The van der Waals surface area contributed by atoms with Gasteiger partial charge in [0.05, 0.1) is 10.2 Å². The standard InChI is InChI=1S/C20H20N4O2S/c21-19(25)24-12-14-9-15(24)11-23(14)10-13-4-3-5-16(8-13)26-20-22-17-6-1-2-7-18(17)27-20/h1-8,14-15H,9-12H2,(H2,21,25)/t14?,15-/m0/s1. The van der Waals surface area contributed by atoms with Crippen molar-refractivity contribution in [2.75, 3.05) is 13.1 Å². The molecule has 2 bridgehead atoms. The van der Waals surface area contributed by atoms with Gasteiger partial charge < -0.3 is 15.4 Å². The highest BCUT2D eigenvalue weighted by Crippen LogP contribution is 2.33. The monoisotopic (exact) mass is 380 g/mol. The van der Waals surface area contributed by atoms with E-state index in [-0.39, 0.29) is 12.1 Å². The summed E-state index contributed by atoms with van der Waals surface area (Å²) in [4.78, 5) is 20.2. The number of aromatic nitrogens is 1. The van der Waals surface area contributed by atoms with Gasteiger partial charge in [0, 0.05) is 31.7 Å². The average Bonchev–Trinajstić information content (AvgIpc) is 3.34. The van der Waals surface area contributed by atoms with Crippen LogP contribution in [0.3, 0.4) is 0 Å². The zero-order valence-corrected chi connectivity index (χ0v) is 15.6. The molecule has 2 aliphatic heterocycles. The largest absolute Gasteiger partial charge is 0.431 e. The van der Waals surface area contributed by atoms with Crippen LogP contribution in [0, 0.1) is 0 Å². The van der Waals surface area contributed by atoms with Gasteiger partial charge in [-0.15, -0.1) is 0 Å². The summed E-state index contributed by atoms with van der Waals surface area (Å²) in [7, 11) is 0. The first kappa shape index (κ1) is 16.5. The van der Waals surface area contributed by atoms with E-state index < -0.39 is 0 Å². The first-order chi connectivity index (χ1) is 13.2. The van der Waals surface area contributed by atoms with Gasteiger partial charge in [0.25, 0.3) is 5.19 Å². The van der Waals surface area contributed by atoms with Crippen LogP contribution in [0.25, 0.3) is 10.2 Å². The third-order valence-electron chi connectivity index (χ3n) is 5.40. The summed E-state index contributed by atoms with van der Waals surface area (Å²) in [6, 6.07) is 16.6. The number of para-hydroxylation sites is 1. The molecule has 2 aromatic carbocycles. The van der Waals surface area contributed by atoms with E-state index >= 15 is 0 Å². The summed E-state index contributed by atoms with van der Waals surface area (Å²) in [6.07, 6.45) is 1.02. The quantitative estimate of drug-likeness (QED) is 0.753. The molecule has 27 heavy (non-hydrogen) atoms. The van der Waals surface area contributed by atoms with Crippen molar-refractivity contribution in [3.05, 3.63) is 54.1 Å². The van der Waals surface area contributed by atoms with Crippen LogP contribution < -0.4 is 10.5 Å². The maximum Gasteiger partial charge on any atom is 0.315 e. The topological polar surface area (TPSA) is 71.7 Å². The number of thiazole rings is 1. The predicted octanol–water partition coefficient (Wildman–Crippen LogP) is 3.43. The van der Waals surface area contributed by atoms with Crippen molar-refractivity contribution >= 4 is 27.6 Å². The normalized spacial score (nSPS) is 21.9. The lowest BCUT2D eigenvalue weighted by atomic mass is 10.2. The minimum absolute atomic E-state index is 0.259. The second-order valence-corrected chi connectivity index (χ2v) is 8.15. The smallest absolute Gasteiger partial charge is 0.315 e. The number of ether oxygens (including phenoxy) is 1. The van der Waals surface area contributed by atoms with Crippen molar-refractivity contribution < 1.29 is 9.53 Å². The van der Waals surface area contributed by atoms with Gasteiger partial charge >= 0.3 is 6.03 Å². The van der Waals surface area contributed by atoms with E-state index in [4.69, 9.17) is 10.5 Å². The molecule has 0 radical (unpaired) electrons. The molecule has 1 aromatic heterocycles. The number of piperazine rings is 1. The molecule has 0 aliphatic carbocycles. The Balaban J connectivity index is 1.28. The maximum atomic E-state index is 11.4. The summed E-state index contributed by atoms with van der Waals surface area (Å²) in [6.45, 7) is 2.48. The molecular formula is C20H20N4O2S. The predicted molar refractivity (Wildman–Crippen MR) is 105 cm³/mol. The van der Waals surface area contributed by atoms with Crippen LogP contribution >= 0.6 is 11.3 Å². The van der Waals surface area contributed by atoms with Crippen molar-refractivity contribution in [1.82, 2.24) is 14.8 Å². The van der Waals surface area contributed by atoms with E-state index in [0.29, 0.717) is 11.2 Å². The minimum Gasteiger partial charge on any atom is -0.431 e. The number of carbonyl (C=O) groups is 1. The highest BCUT2D eigenvalue weighted by Gasteiger charge is 2.44. The fourth-order valence-corrected chi connectivity index (χ4v) is 4.99. The molecule has 0 saturated carbocycles. The number of rotatable bonds is 4. The minimum atomic E-state index is -0.298. The van der Waals surface area contributed by atoms with Crippen molar-refractivity contribution in [3.8, 4) is 10.9 Å². The van der Waals surface area contributed by atoms with E-state index in [9.17, 15) is 4.79 Å². The highest BCUT2D eigenvalue weighted by atomic mass is 32.1. The van der Waals surface area contributed by atoms with Crippen molar-refractivity contribution in [3.63, 3.8) is 0 Å². The Morgan fingerprint density at radius 1 is 1.19 bits per heavy atom. The van der Waals surface area contributed by atoms with E-state index in [2.05, 4.69) is 22.0 Å². The van der Waals surface area contributed by atoms with Crippen LogP contribution in [0.5, 0.6) is 10.9 Å². The molecule has 2 aliphatic rings. The molecule has 1 unspecified atom stereocenters. The SMILES string of the molecule is NC(=O)N1CC2C[C@H]1CN2Cc1cccc(Oc2nc3ccccc3s2)c1. The third kappa shape index (κ3) is 3.13. The summed E-state index contributed by atoms with van der Waals surface area (Å²) >= 11 is 1.55.